The van der Waals surface area contributed by atoms with Gasteiger partial charge in [0, 0.05) is 0 Å². The van der Waals surface area contributed by atoms with Gasteiger partial charge in [-0.25, -0.2) is 4.31 Å². The zero-order valence-corrected chi connectivity index (χ0v) is 6.22. The van der Waals surface area contributed by atoms with E-state index < -0.39 is 17.2 Å². The molecule has 0 saturated carbocycles. The van der Waals surface area contributed by atoms with Crippen LogP contribution >= 0.6 is 17.2 Å². The molecule has 54 valence electrons. The minimum atomic E-state index is -2.33. The second kappa shape index (κ2) is 3.74. The van der Waals surface area contributed by atoms with Crippen LogP contribution in [-0.2, 0) is 13.4 Å². The maximum Gasteiger partial charge on any atom is 0.340 e. The van der Waals surface area contributed by atoms with E-state index >= 15 is 0 Å². The molecule has 1 aliphatic heterocycles. The van der Waals surface area contributed by atoms with Crippen LogP contribution in [0.2, 0.25) is 0 Å². The highest BCUT2D eigenvalue weighted by atomic mass is 31.2. The van der Waals surface area contributed by atoms with Crippen molar-refractivity contribution in [2.75, 3.05) is 13.2 Å². The van der Waals surface area contributed by atoms with E-state index in [9.17, 15) is 0 Å². The Labute approximate surface area is 54.5 Å². The molecular formula is C2H6O5P2. The van der Waals surface area contributed by atoms with Gasteiger partial charge in [-0.1, -0.05) is 0 Å². The molecule has 1 aliphatic rings. The largest absolute Gasteiger partial charge is 0.340 e. The fourth-order valence-electron chi connectivity index (χ4n) is 0.368. The van der Waals surface area contributed by atoms with Crippen LogP contribution in [0.25, 0.3) is 0 Å². The van der Waals surface area contributed by atoms with Gasteiger partial charge in [0.05, 0.1) is 13.2 Å². The first kappa shape index (κ1) is 7.76. The summed E-state index contributed by atoms with van der Waals surface area (Å²) >= 11 is 0. The number of rotatable bonds is 2. The summed E-state index contributed by atoms with van der Waals surface area (Å²) < 4.78 is 14.0. The van der Waals surface area contributed by atoms with Crippen molar-refractivity contribution in [3.05, 3.63) is 0 Å². The topological polar surface area (TPSA) is 68.2 Å². The molecule has 0 aliphatic carbocycles. The van der Waals surface area contributed by atoms with E-state index in [0.717, 1.165) is 0 Å². The molecule has 0 radical (unpaired) electrons. The fraction of sp³-hybridized carbons (Fsp3) is 1.00. The fourth-order valence-corrected chi connectivity index (χ4v) is 1.74. The molecule has 0 unspecified atom stereocenters. The normalized spacial score (nSPS) is 21.7. The van der Waals surface area contributed by atoms with Crippen LogP contribution in [0, 0.1) is 0 Å². The van der Waals surface area contributed by atoms with Gasteiger partial charge in [-0.3, -0.25) is 0 Å². The minimum Gasteiger partial charge on any atom is -0.328 e. The third-order valence-corrected chi connectivity index (χ3v) is 2.52. The van der Waals surface area contributed by atoms with Crippen molar-refractivity contribution < 1.29 is 23.1 Å². The van der Waals surface area contributed by atoms with E-state index in [-0.39, 0.29) is 0 Å². The molecule has 0 bridgehead atoms. The van der Waals surface area contributed by atoms with E-state index in [0.29, 0.717) is 13.2 Å². The maximum atomic E-state index is 8.27. The minimum absolute atomic E-state index is 0.467. The van der Waals surface area contributed by atoms with Gasteiger partial charge in [-0.2, -0.15) is 0 Å². The third kappa shape index (κ3) is 2.83. The van der Waals surface area contributed by atoms with Crippen molar-refractivity contribution in [2.24, 2.45) is 0 Å². The summed E-state index contributed by atoms with van der Waals surface area (Å²) in [6, 6.07) is 0. The lowest BCUT2D eigenvalue weighted by atomic mass is 10.8. The summed E-state index contributed by atoms with van der Waals surface area (Å²) in [6.45, 7) is 0.934. The van der Waals surface area contributed by atoms with Gasteiger partial charge in [0.15, 0.2) is 0 Å². The van der Waals surface area contributed by atoms with Crippen LogP contribution in [-0.4, -0.2) is 23.0 Å². The lowest BCUT2D eigenvalue weighted by molar-refractivity contribution is 0.313. The van der Waals surface area contributed by atoms with Crippen LogP contribution in [0.3, 0.4) is 0 Å². The van der Waals surface area contributed by atoms with Crippen molar-refractivity contribution >= 4 is 17.2 Å². The molecule has 1 rings (SSSR count). The summed E-state index contributed by atoms with van der Waals surface area (Å²) in [5.41, 5.74) is 0. The summed E-state index contributed by atoms with van der Waals surface area (Å²) in [6.07, 6.45) is 0. The average molecular weight is 172 g/mol. The predicted octanol–water partition coefficient (Wildman–Crippen LogP) is 0.488. The van der Waals surface area contributed by atoms with Gasteiger partial charge in [0.25, 0.3) is 0 Å². The average Bonchev–Trinajstić information content (AvgIpc) is 2.15. The second-order valence-corrected chi connectivity index (χ2v) is 3.35. The summed E-state index contributed by atoms with van der Waals surface area (Å²) in [7, 11) is -3.79. The van der Waals surface area contributed by atoms with Crippen molar-refractivity contribution in [3.8, 4) is 0 Å². The first-order chi connectivity index (χ1) is 4.29. The maximum absolute atomic E-state index is 8.27. The summed E-state index contributed by atoms with van der Waals surface area (Å²) in [5, 5.41) is 0. The van der Waals surface area contributed by atoms with E-state index in [4.69, 9.17) is 18.8 Å². The van der Waals surface area contributed by atoms with Gasteiger partial charge in [0.2, 0.25) is 0 Å². The molecule has 0 aromatic rings. The smallest absolute Gasteiger partial charge is 0.328 e. The van der Waals surface area contributed by atoms with Crippen LogP contribution in [0.15, 0.2) is 0 Å². The molecule has 7 heteroatoms. The highest BCUT2D eigenvalue weighted by molar-refractivity contribution is 7.54. The van der Waals surface area contributed by atoms with Gasteiger partial charge in [-0.05, 0) is 0 Å². The number of hydrogen-bond acceptors (Lipinski definition) is 5. The Morgan fingerprint density at radius 1 is 1.33 bits per heavy atom. The van der Waals surface area contributed by atoms with Crippen molar-refractivity contribution in [3.63, 3.8) is 0 Å². The Bertz CT molecular complexity index is 81.0. The molecule has 1 saturated heterocycles. The molecule has 0 aromatic carbocycles. The van der Waals surface area contributed by atoms with Crippen molar-refractivity contribution in [2.45, 2.75) is 0 Å². The molecule has 0 spiro atoms. The Morgan fingerprint density at radius 3 is 2.33 bits per heavy atom. The molecule has 1 heterocycles. The lowest BCUT2D eigenvalue weighted by Crippen LogP contribution is -1.79. The Hall–Kier alpha value is 0.660. The van der Waals surface area contributed by atoms with Crippen molar-refractivity contribution in [1.82, 2.24) is 0 Å². The SMILES string of the molecule is OP(O)OP1OCCO1. The van der Waals surface area contributed by atoms with E-state index in [2.05, 4.69) is 4.31 Å². The predicted molar refractivity (Wildman–Crippen MR) is 31.3 cm³/mol. The quantitative estimate of drug-likeness (QED) is 0.593. The molecule has 0 amide bonds. The van der Waals surface area contributed by atoms with E-state index in [1.807, 2.05) is 0 Å². The Balaban J connectivity index is 2.11. The zero-order valence-electron chi connectivity index (χ0n) is 4.43. The zero-order chi connectivity index (χ0) is 6.69. The summed E-state index contributed by atoms with van der Waals surface area (Å²) in [5.74, 6) is 0. The summed E-state index contributed by atoms with van der Waals surface area (Å²) in [4.78, 5) is 16.5. The molecule has 5 nitrogen and oxygen atoms in total. The van der Waals surface area contributed by atoms with Gasteiger partial charge in [-0.15, -0.1) is 0 Å². The highest BCUT2D eigenvalue weighted by Crippen LogP contribution is 2.52. The third-order valence-electron chi connectivity index (χ3n) is 0.616. The van der Waals surface area contributed by atoms with Crippen LogP contribution in [0.1, 0.15) is 0 Å². The van der Waals surface area contributed by atoms with Crippen LogP contribution in [0.5, 0.6) is 0 Å². The molecule has 2 N–H and O–H groups in total. The van der Waals surface area contributed by atoms with Crippen LogP contribution in [0.4, 0.5) is 0 Å². The molecule has 9 heavy (non-hydrogen) atoms. The molecular weight excluding hydrogens is 166 g/mol. The Morgan fingerprint density at radius 2 is 1.89 bits per heavy atom. The Kier molecular flexibility index (Phi) is 3.22. The second-order valence-electron chi connectivity index (χ2n) is 1.22. The molecule has 0 atom stereocenters. The first-order valence-corrected chi connectivity index (χ1v) is 4.47. The number of hydrogen-bond donors (Lipinski definition) is 2. The monoisotopic (exact) mass is 172 g/mol. The first-order valence-electron chi connectivity index (χ1n) is 2.21. The van der Waals surface area contributed by atoms with Gasteiger partial charge in [0.1, 0.15) is 0 Å². The van der Waals surface area contributed by atoms with Crippen LogP contribution < -0.4 is 0 Å². The van der Waals surface area contributed by atoms with E-state index in [1.54, 1.807) is 0 Å². The molecule has 0 aromatic heterocycles. The van der Waals surface area contributed by atoms with Gasteiger partial charge < -0.3 is 18.8 Å². The highest BCUT2D eigenvalue weighted by Gasteiger charge is 2.22. The van der Waals surface area contributed by atoms with E-state index in [1.165, 1.54) is 0 Å². The standard InChI is InChI=1S/C2H6O5P2/c3-8(4)7-9-5-1-2-6-9/h3-4H,1-2H2. The molecule has 1 fully saturated rings. The van der Waals surface area contributed by atoms with Crippen molar-refractivity contribution in [1.29, 1.82) is 0 Å². The van der Waals surface area contributed by atoms with Gasteiger partial charge >= 0.3 is 17.2 Å². The lowest BCUT2D eigenvalue weighted by Gasteiger charge is -2.05.